The van der Waals surface area contributed by atoms with Gasteiger partial charge in [0.05, 0.1) is 31.4 Å². The third-order valence-corrected chi connectivity index (χ3v) is 5.42. The molecule has 15 heteroatoms. The Balaban J connectivity index is 1.70. The molecular formula is C24H28ClFN6O7. The predicted molar refractivity (Wildman–Crippen MR) is 139 cm³/mol. The number of rotatable bonds is 9. The van der Waals surface area contributed by atoms with E-state index in [1.54, 1.807) is 27.7 Å². The van der Waals surface area contributed by atoms with E-state index < -0.39 is 40.1 Å². The van der Waals surface area contributed by atoms with Crippen molar-refractivity contribution >= 4 is 40.8 Å². The third kappa shape index (κ3) is 7.09. The van der Waals surface area contributed by atoms with Crippen molar-refractivity contribution in [1.29, 1.82) is 0 Å². The van der Waals surface area contributed by atoms with Gasteiger partial charge < -0.3 is 19.5 Å². The Labute approximate surface area is 227 Å². The van der Waals surface area contributed by atoms with Crippen LogP contribution in [-0.4, -0.2) is 63.9 Å². The zero-order valence-electron chi connectivity index (χ0n) is 22.2. The molecule has 0 unspecified atom stereocenters. The minimum atomic E-state index is -0.734. The van der Waals surface area contributed by atoms with E-state index in [4.69, 9.17) is 25.8 Å². The van der Waals surface area contributed by atoms with E-state index in [0.29, 0.717) is 0 Å². The van der Waals surface area contributed by atoms with Crippen molar-refractivity contribution < 1.29 is 33.1 Å². The molecule has 13 nitrogen and oxygen atoms in total. The van der Waals surface area contributed by atoms with Gasteiger partial charge in [0.1, 0.15) is 28.0 Å². The first-order valence-electron chi connectivity index (χ1n) is 11.6. The highest BCUT2D eigenvalue weighted by atomic mass is 35.5. The highest BCUT2D eigenvalue weighted by Crippen LogP contribution is 2.30. The maximum Gasteiger partial charge on any atom is 0.415 e. The van der Waals surface area contributed by atoms with Crippen LogP contribution in [0, 0.1) is 15.9 Å². The van der Waals surface area contributed by atoms with E-state index in [1.165, 1.54) is 35.8 Å². The van der Waals surface area contributed by atoms with Crippen LogP contribution in [0.3, 0.4) is 0 Å². The Morgan fingerprint density at radius 1 is 1.31 bits per heavy atom. The number of hydrogen-bond acceptors (Lipinski definition) is 9. The molecule has 0 aliphatic carbocycles. The van der Waals surface area contributed by atoms with Gasteiger partial charge in [-0.05, 0) is 27.7 Å². The van der Waals surface area contributed by atoms with Crippen LogP contribution in [0.25, 0.3) is 5.65 Å². The SMILES string of the molecule is COc1cc(F)c(COC[C@@H](C)NC(=O)c2cnn3c(N(C)C(=O)OC(C)(C)C)cc(Cl)nc23)cc1[N+](=O)[O-]. The number of hydrogen-bond donors (Lipinski definition) is 1. The zero-order valence-corrected chi connectivity index (χ0v) is 22.9. The number of carbonyl (C=O) groups excluding carboxylic acids is 2. The monoisotopic (exact) mass is 566 g/mol. The van der Waals surface area contributed by atoms with Gasteiger partial charge in [-0.15, -0.1) is 0 Å². The number of amides is 2. The average Bonchev–Trinajstić information content (AvgIpc) is 3.26. The van der Waals surface area contributed by atoms with E-state index >= 15 is 0 Å². The first-order valence-corrected chi connectivity index (χ1v) is 12.0. The molecule has 3 aromatic rings. The van der Waals surface area contributed by atoms with E-state index in [9.17, 15) is 24.1 Å². The lowest BCUT2D eigenvalue weighted by Crippen LogP contribution is -2.36. The van der Waals surface area contributed by atoms with Crippen LogP contribution in [0.2, 0.25) is 5.15 Å². The number of benzene rings is 1. The second-order valence-electron chi connectivity index (χ2n) is 9.53. The van der Waals surface area contributed by atoms with Gasteiger partial charge in [0.15, 0.2) is 11.4 Å². The smallest absolute Gasteiger partial charge is 0.415 e. The Morgan fingerprint density at radius 3 is 2.62 bits per heavy atom. The van der Waals surface area contributed by atoms with Crippen molar-refractivity contribution in [2.45, 2.75) is 45.9 Å². The van der Waals surface area contributed by atoms with Crippen LogP contribution in [0.15, 0.2) is 24.4 Å². The first kappa shape index (κ1) is 29.5. The Morgan fingerprint density at radius 2 is 2.00 bits per heavy atom. The molecule has 0 aliphatic rings. The normalized spacial score (nSPS) is 12.2. The summed E-state index contributed by atoms with van der Waals surface area (Å²) in [6.45, 7) is 6.53. The molecule has 0 saturated heterocycles. The number of nitro groups is 1. The number of carbonyl (C=O) groups is 2. The number of nitrogens with zero attached hydrogens (tertiary/aromatic N) is 5. The minimum Gasteiger partial charge on any atom is -0.490 e. The van der Waals surface area contributed by atoms with Crippen molar-refractivity contribution in [3.8, 4) is 5.75 Å². The van der Waals surface area contributed by atoms with Gasteiger partial charge in [-0.3, -0.25) is 19.8 Å². The number of anilines is 1. The second kappa shape index (κ2) is 11.8. The number of methoxy groups -OCH3 is 1. The number of nitrogens with one attached hydrogen (secondary N) is 1. The molecule has 3 rings (SSSR count). The molecule has 210 valence electrons. The Bertz CT molecular complexity index is 1410. The van der Waals surface area contributed by atoms with Crippen molar-refractivity contribution in [2.75, 3.05) is 25.7 Å². The summed E-state index contributed by atoms with van der Waals surface area (Å²) in [5, 5.41) is 18.1. The maximum absolute atomic E-state index is 14.3. The van der Waals surface area contributed by atoms with Gasteiger partial charge in [-0.25, -0.2) is 14.2 Å². The van der Waals surface area contributed by atoms with Crippen LogP contribution in [0.1, 0.15) is 43.6 Å². The molecule has 2 heterocycles. The summed E-state index contributed by atoms with van der Waals surface area (Å²) in [6, 6.07) is 2.82. The van der Waals surface area contributed by atoms with Crippen molar-refractivity contribution in [3.05, 3.63) is 56.6 Å². The quantitative estimate of drug-likeness (QED) is 0.229. The van der Waals surface area contributed by atoms with Gasteiger partial charge in [0.2, 0.25) is 0 Å². The number of nitro benzene ring substituents is 1. The van der Waals surface area contributed by atoms with Crippen LogP contribution in [0.5, 0.6) is 5.75 Å². The highest BCUT2D eigenvalue weighted by molar-refractivity contribution is 6.30. The number of ether oxygens (including phenoxy) is 3. The fourth-order valence-corrected chi connectivity index (χ4v) is 3.61. The summed E-state index contributed by atoms with van der Waals surface area (Å²) in [6.07, 6.45) is 0.622. The molecule has 1 N–H and O–H groups in total. The minimum absolute atomic E-state index is 0.0226. The summed E-state index contributed by atoms with van der Waals surface area (Å²) in [7, 11) is 2.68. The van der Waals surface area contributed by atoms with Crippen molar-refractivity contribution in [2.24, 2.45) is 0 Å². The highest BCUT2D eigenvalue weighted by Gasteiger charge is 2.25. The summed E-state index contributed by atoms with van der Waals surface area (Å²) in [5.74, 6) is -1.25. The summed E-state index contributed by atoms with van der Waals surface area (Å²) in [5.41, 5.74) is -0.979. The lowest BCUT2D eigenvalue weighted by Gasteiger charge is -2.24. The van der Waals surface area contributed by atoms with Gasteiger partial charge in [-0.2, -0.15) is 9.61 Å². The predicted octanol–water partition coefficient (Wildman–Crippen LogP) is 4.15. The molecule has 1 atom stereocenters. The number of halogens is 2. The molecule has 0 spiro atoms. The maximum atomic E-state index is 14.3. The van der Waals surface area contributed by atoms with Gasteiger partial charge in [0.25, 0.3) is 5.91 Å². The van der Waals surface area contributed by atoms with Crippen LogP contribution < -0.4 is 15.0 Å². The van der Waals surface area contributed by atoms with Gasteiger partial charge in [-0.1, -0.05) is 11.6 Å². The summed E-state index contributed by atoms with van der Waals surface area (Å²) in [4.78, 5) is 41.4. The van der Waals surface area contributed by atoms with Crippen molar-refractivity contribution in [3.63, 3.8) is 0 Å². The third-order valence-electron chi connectivity index (χ3n) is 5.22. The standard InChI is InChI=1S/C24H28ClFN6O7/c1-13(11-38-12-14-7-17(32(35)36)18(37-6)8-16(14)26)28-22(33)15-10-27-31-20(9-19(25)29-21(15)31)30(5)23(34)39-24(2,3)4/h7-10,13H,11-12H2,1-6H3,(H,28,33)/t13-/m1/s1. The average molecular weight is 567 g/mol. The number of aromatic nitrogens is 3. The summed E-state index contributed by atoms with van der Waals surface area (Å²) < 4.78 is 31.3. The second-order valence-corrected chi connectivity index (χ2v) is 9.92. The van der Waals surface area contributed by atoms with E-state index in [1.807, 2.05) is 0 Å². The molecule has 39 heavy (non-hydrogen) atoms. The fourth-order valence-electron chi connectivity index (χ4n) is 3.43. The molecule has 0 fully saturated rings. The lowest BCUT2D eigenvalue weighted by atomic mass is 10.2. The van der Waals surface area contributed by atoms with Crippen LogP contribution in [-0.2, 0) is 16.1 Å². The fraction of sp³-hybridized carbons (Fsp3) is 0.417. The molecule has 1 aromatic carbocycles. The molecule has 2 aromatic heterocycles. The van der Waals surface area contributed by atoms with Gasteiger partial charge in [0, 0.05) is 36.9 Å². The number of fused-ring (bicyclic) bond motifs is 1. The van der Waals surface area contributed by atoms with E-state index in [0.717, 1.165) is 12.1 Å². The first-order chi connectivity index (χ1) is 18.2. The topological polar surface area (TPSA) is 150 Å². The zero-order chi connectivity index (χ0) is 29.1. The molecule has 0 bridgehead atoms. The Hall–Kier alpha value is -4.04. The Kier molecular flexibility index (Phi) is 8.92. The molecule has 0 radical (unpaired) electrons. The molecule has 0 aliphatic heterocycles. The van der Waals surface area contributed by atoms with Crippen molar-refractivity contribution in [1.82, 2.24) is 19.9 Å². The molecule has 0 saturated carbocycles. The molecule has 2 amide bonds. The molecular weight excluding hydrogens is 539 g/mol. The largest absolute Gasteiger partial charge is 0.490 e. The van der Waals surface area contributed by atoms with Gasteiger partial charge >= 0.3 is 11.8 Å². The van der Waals surface area contributed by atoms with Crippen LogP contribution in [0.4, 0.5) is 20.7 Å². The van der Waals surface area contributed by atoms with Crippen LogP contribution >= 0.6 is 11.6 Å². The lowest BCUT2D eigenvalue weighted by molar-refractivity contribution is -0.385. The van der Waals surface area contributed by atoms with E-state index in [-0.39, 0.29) is 46.7 Å². The summed E-state index contributed by atoms with van der Waals surface area (Å²) >= 11 is 6.17. The van der Waals surface area contributed by atoms with E-state index in [2.05, 4.69) is 15.4 Å².